The first-order valence-corrected chi connectivity index (χ1v) is 6.67. The van der Waals surface area contributed by atoms with E-state index in [-0.39, 0.29) is 22.1 Å². The SMILES string of the molecule is Cc1ccc(C(=O)Nc2cccc(F)c2C(N)=S)s1. The van der Waals surface area contributed by atoms with Gasteiger partial charge in [-0.15, -0.1) is 11.3 Å². The van der Waals surface area contributed by atoms with Crippen LogP contribution in [0.3, 0.4) is 0 Å². The van der Waals surface area contributed by atoms with Crippen LogP contribution < -0.4 is 11.1 Å². The number of nitrogens with one attached hydrogen (secondary N) is 1. The Bertz CT molecular complexity index is 652. The molecule has 3 nitrogen and oxygen atoms in total. The summed E-state index contributed by atoms with van der Waals surface area (Å²) in [7, 11) is 0. The van der Waals surface area contributed by atoms with Crippen molar-refractivity contribution in [2.45, 2.75) is 6.92 Å². The first-order chi connectivity index (χ1) is 8.99. The average Bonchev–Trinajstić information content (AvgIpc) is 2.75. The molecule has 3 N–H and O–H groups in total. The maximum absolute atomic E-state index is 13.6. The first kappa shape index (κ1) is 13.6. The predicted octanol–water partition coefficient (Wildman–Crippen LogP) is 3.08. The molecule has 0 aliphatic rings. The van der Waals surface area contributed by atoms with Crippen LogP contribution in [-0.4, -0.2) is 10.9 Å². The van der Waals surface area contributed by atoms with Crippen LogP contribution in [0.2, 0.25) is 0 Å². The van der Waals surface area contributed by atoms with Crippen molar-refractivity contribution in [3.8, 4) is 0 Å². The number of nitrogens with two attached hydrogens (primary N) is 1. The van der Waals surface area contributed by atoms with E-state index < -0.39 is 5.82 Å². The van der Waals surface area contributed by atoms with E-state index >= 15 is 0 Å². The quantitative estimate of drug-likeness (QED) is 0.855. The molecule has 1 heterocycles. The fourth-order valence-electron chi connectivity index (χ4n) is 1.62. The molecule has 6 heteroatoms. The van der Waals surface area contributed by atoms with Crippen molar-refractivity contribution < 1.29 is 9.18 Å². The Kier molecular flexibility index (Phi) is 3.92. The molecule has 19 heavy (non-hydrogen) atoms. The zero-order valence-corrected chi connectivity index (χ0v) is 11.7. The van der Waals surface area contributed by atoms with E-state index in [9.17, 15) is 9.18 Å². The van der Waals surface area contributed by atoms with Gasteiger partial charge in [-0.05, 0) is 31.2 Å². The second-order valence-electron chi connectivity index (χ2n) is 3.89. The van der Waals surface area contributed by atoms with Crippen LogP contribution in [0.15, 0.2) is 30.3 Å². The number of thiocarbonyl (C=S) groups is 1. The van der Waals surface area contributed by atoms with Gasteiger partial charge in [-0.2, -0.15) is 0 Å². The summed E-state index contributed by atoms with van der Waals surface area (Å²) in [5.74, 6) is -0.853. The maximum Gasteiger partial charge on any atom is 0.265 e. The van der Waals surface area contributed by atoms with E-state index in [0.717, 1.165) is 4.88 Å². The van der Waals surface area contributed by atoms with Gasteiger partial charge in [-0.1, -0.05) is 18.3 Å². The van der Waals surface area contributed by atoms with E-state index in [4.69, 9.17) is 18.0 Å². The molecule has 1 aromatic carbocycles. The van der Waals surface area contributed by atoms with Crippen LogP contribution in [0.5, 0.6) is 0 Å². The summed E-state index contributed by atoms with van der Waals surface area (Å²) in [5, 5.41) is 2.63. The van der Waals surface area contributed by atoms with Gasteiger partial charge in [-0.3, -0.25) is 4.79 Å². The molecule has 1 amide bonds. The van der Waals surface area contributed by atoms with Gasteiger partial charge in [0.05, 0.1) is 16.1 Å². The third kappa shape index (κ3) is 2.97. The molecule has 2 rings (SSSR count). The first-order valence-electron chi connectivity index (χ1n) is 5.45. The largest absolute Gasteiger partial charge is 0.389 e. The number of anilines is 1. The molecular weight excluding hydrogens is 283 g/mol. The molecule has 0 unspecified atom stereocenters. The molecule has 0 saturated heterocycles. The summed E-state index contributed by atoms with van der Waals surface area (Å²) in [4.78, 5) is 13.5. The van der Waals surface area contributed by atoms with Gasteiger partial charge in [-0.25, -0.2) is 4.39 Å². The minimum atomic E-state index is -0.548. The predicted molar refractivity (Wildman–Crippen MR) is 79.3 cm³/mol. The number of benzene rings is 1. The number of rotatable bonds is 3. The summed E-state index contributed by atoms with van der Waals surface area (Å²) in [5.41, 5.74) is 5.81. The molecule has 1 aromatic heterocycles. The highest BCUT2D eigenvalue weighted by atomic mass is 32.1. The monoisotopic (exact) mass is 294 g/mol. The van der Waals surface area contributed by atoms with Crippen molar-refractivity contribution in [2.75, 3.05) is 5.32 Å². The van der Waals surface area contributed by atoms with Gasteiger partial charge in [0.25, 0.3) is 5.91 Å². The van der Waals surface area contributed by atoms with E-state index in [1.165, 1.54) is 23.5 Å². The number of carbonyl (C=O) groups excluding carboxylic acids is 1. The van der Waals surface area contributed by atoms with Crippen molar-refractivity contribution in [1.29, 1.82) is 0 Å². The lowest BCUT2D eigenvalue weighted by atomic mass is 10.1. The fourth-order valence-corrected chi connectivity index (χ4v) is 2.59. The Hall–Kier alpha value is -1.79. The van der Waals surface area contributed by atoms with Gasteiger partial charge >= 0.3 is 0 Å². The number of thiophene rings is 1. The minimum absolute atomic E-state index is 0.0547. The molecule has 98 valence electrons. The van der Waals surface area contributed by atoms with Crippen LogP contribution in [0.1, 0.15) is 20.1 Å². The third-order valence-electron chi connectivity index (χ3n) is 2.47. The Morgan fingerprint density at radius 3 is 2.68 bits per heavy atom. The molecule has 0 atom stereocenters. The van der Waals surface area contributed by atoms with E-state index in [1.54, 1.807) is 12.1 Å². The molecule has 0 aliphatic carbocycles. The summed E-state index contributed by atoms with van der Waals surface area (Å²) in [6.07, 6.45) is 0. The van der Waals surface area contributed by atoms with Crippen molar-refractivity contribution in [1.82, 2.24) is 0 Å². The van der Waals surface area contributed by atoms with Gasteiger partial charge in [0, 0.05) is 4.88 Å². The summed E-state index contributed by atoms with van der Waals surface area (Å²) < 4.78 is 13.6. The van der Waals surface area contributed by atoms with E-state index in [1.807, 2.05) is 13.0 Å². The van der Waals surface area contributed by atoms with Gasteiger partial charge in [0.2, 0.25) is 0 Å². The third-order valence-corrected chi connectivity index (χ3v) is 3.68. The Morgan fingerprint density at radius 1 is 1.37 bits per heavy atom. The second-order valence-corrected chi connectivity index (χ2v) is 5.62. The fraction of sp³-hybridized carbons (Fsp3) is 0.0769. The van der Waals surface area contributed by atoms with Crippen molar-refractivity contribution >= 4 is 40.1 Å². The van der Waals surface area contributed by atoms with Crippen LogP contribution in [-0.2, 0) is 0 Å². The number of hydrogen-bond acceptors (Lipinski definition) is 3. The molecule has 0 radical (unpaired) electrons. The standard InChI is InChI=1S/C13H11FN2OS2/c1-7-5-6-10(19-7)13(17)16-9-4-2-3-8(14)11(9)12(15)18/h2-6H,1H3,(H2,15,18)(H,16,17). The lowest BCUT2D eigenvalue weighted by Gasteiger charge is -2.10. The highest BCUT2D eigenvalue weighted by Crippen LogP contribution is 2.21. The zero-order valence-electron chi connectivity index (χ0n) is 10.1. The number of carbonyl (C=O) groups is 1. The molecule has 0 spiro atoms. The Morgan fingerprint density at radius 2 is 2.11 bits per heavy atom. The summed E-state index contributed by atoms with van der Waals surface area (Å²) in [6, 6.07) is 7.87. The minimum Gasteiger partial charge on any atom is -0.389 e. The van der Waals surface area contributed by atoms with Crippen LogP contribution >= 0.6 is 23.6 Å². The maximum atomic E-state index is 13.6. The van der Waals surface area contributed by atoms with Crippen molar-refractivity contribution in [3.63, 3.8) is 0 Å². The van der Waals surface area contributed by atoms with E-state index in [2.05, 4.69) is 5.32 Å². The van der Waals surface area contributed by atoms with Gasteiger partial charge in [0.1, 0.15) is 10.8 Å². The van der Waals surface area contributed by atoms with E-state index in [0.29, 0.717) is 4.88 Å². The summed E-state index contributed by atoms with van der Waals surface area (Å²) >= 11 is 6.16. The van der Waals surface area contributed by atoms with Crippen molar-refractivity contribution in [3.05, 3.63) is 51.5 Å². The highest BCUT2D eigenvalue weighted by Gasteiger charge is 2.15. The van der Waals surface area contributed by atoms with Crippen LogP contribution in [0.25, 0.3) is 0 Å². The van der Waals surface area contributed by atoms with Crippen LogP contribution in [0, 0.1) is 12.7 Å². The number of hydrogen-bond donors (Lipinski definition) is 2. The topological polar surface area (TPSA) is 55.1 Å². The number of aryl methyl sites for hydroxylation is 1. The zero-order chi connectivity index (χ0) is 14.0. The smallest absolute Gasteiger partial charge is 0.265 e. The molecular formula is C13H11FN2OS2. The van der Waals surface area contributed by atoms with Gasteiger partial charge in [0.15, 0.2) is 0 Å². The van der Waals surface area contributed by atoms with Gasteiger partial charge < -0.3 is 11.1 Å². The summed E-state index contributed by atoms with van der Waals surface area (Å²) in [6.45, 7) is 1.91. The van der Waals surface area contributed by atoms with Crippen LogP contribution in [0.4, 0.5) is 10.1 Å². The molecule has 0 bridgehead atoms. The normalized spacial score (nSPS) is 10.2. The lowest BCUT2D eigenvalue weighted by molar-refractivity contribution is 0.103. The average molecular weight is 294 g/mol. The molecule has 0 aliphatic heterocycles. The highest BCUT2D eigenvalue weighted by molar-refractivity contribution is 7.80. The Labute approximate surface area is 119 Å². The van der Waals surface area contributed by atoms with Crippen molar-refractivity contribution in [2.24, 2.45) is 5.73 Å². The number of amides is 1. The molecule has 2 aromatic rings. The molecule has 0 saturated carbocycles. The second kappa shape index (κ2) is 5.46. The lowest BCUT2D eigenvalue weighted by Crippen LogP contribution is -2.18. The number of halogens is 1. The molecule has 0 fully saturated rings. The Balaban J connectivity index is 2.31.